The maximum Gasteiger partial charge on any atom is 0.299 e. The topological polar surface area (TPSA) is 55.8 Å². The fourth-order valence-electron chi connectivity index (χ4n) is 2.77. The Morgan fingerprint density at radius 2 is 1.60 bits per heavy atom. The number of fused-ring (bicyclic) bond motifs is 1. The second-order valence-corrected chi connectivity index (χ2v) is 6.96. The van der Waals surface area contributed by atoms with Gasteiger partial charge in [0.2, 0.25) is 0 Å². The second kappa shape index (κ2) is 6.24. The molecule has 0 aromatic heterocycles. The minimum absolute atomic E-state index is 0.334. The number of Topliss-reactive ketones (excluding diaryl/α,β-unsaturated/α-hetero) is 1. The Hall–Kier alpha value is -2.82. The minimum atomic E-state index is -0.515. The van der Waals surface area contributed by atoms with Crippen molar-refractivity contribution >= 4 is 17.4 Å². The number of anilines is 1. The number of carbonyl (C=O) groups is 2. The summed E-state index contributed by atoms with van der Waals surface area (Å²) in [4.78, 5) is 26.2. The first kappa shape index (κ1) is 17.0. The van der Waals surface area contributed by atoms with Crippen LogP contribution in [0.5, 0.6) is 11.5 Å². The molecule has 0 saturated heterocycles. The molecule has 0 unspecified atom stereocenters. The zero-order chi connectivity index (χ0) is 18.2. The van der Waals surface area contributed by atoms with Crippen molar-refractivity contribution in [3.8, 4) is 11.5 Å². The summed E-state index contributed by atoms with van der Waals surface area (Å²) in [7, 11) is 1.60. The Kier molecular flexibility index (Phi) is 4.25. The lowest BCUT2D eigenvalue weighted by Crippen LogP contribution is -2.29. The molecule has 0 aliphatic carbocycles. The van der Waals surface area contributed by atoms with Gasteiger partial charge in [-0.15, -0.1) is 0 Å². The summed E-state index contributed by atoms with van der Waals surface area (Å²) in [5, 5.41) is 0. The van der Waals surface area contributed by atoms with Gasteiger partial charge in [0.05, 0.1) is 24.9 Å². The Morgan fingerprint density at radius 1 is 0.960 bits per heavy atom. The third kappa shape index (κ3) is 3.50. The summed E-state index contributed by atoms with van der Waals surface area (Å²) < 4.78 is 10.9. The molecule has 0 radical (unpaired) electrons. The number of hydrogen-bond acceptors (Lipinski definition) is 4. The molecule has 0 N–H and O–H groups in total. The first-order chi connectivity index (χ1) is 11.8. The Labute approximate surface area is 147 Å². The molecule has 1 heterocycles. The first-order valence-electron chi connectivity index (χ1n) is 8.11. The SMILES string of the molecule is COc1ccc(CN2C(=O)C(=O)c3cc(OC(C)(C)C)ccc32)cc1. The Bertz CT molecular complexity index is 819. The number of ether oxygens (including phenoxy) is 2. The predicted octanol–water partition coefficient (Wildman–Crippen LogP) is 3.60. The Balaban J connectivity index is 1.88. The van der Waals surface area contributed by atoms with Crippen molar-refractivity contribution < 1.29 is 19.1 Å². The van der Waals surface area contributed by atoms with Crippen LogP contribution in [0.25, 0.3) is 0 Å². The summed E-state index contributed by atoms with van der Waals surface area (Å²) in [6.07, 6.45) is 0. The van der Waals surface area contributed by atoms with E-state index in [1.54, 1.807) is 25.3 Å². The highest BCUT2D eigenvalue weighted by Crippen LogP contribution is 2.34. The molecule has 130 valence electrons. The number of amides is 1. The van der Waals surface area contributed by atoms with Crippen LogP contribution >= 0.6 is 0 Å². The van der Waals surface area contributed by atoms with Gasteiger partial charge in [-0.3, -0.25) is 9.59 Å². The van der Waals surface area contributed by atoms with Crippen LogP contribution in [0.1, 0.15) is 36.7 Å². The van der Waals surface area contributed by atoms with Gasteiger partial charge in [0, 0.05) is 0 Å². The molecule has 5 nitrogen and oxygen atoms in total. The van der Waals surface area contributed by atoms with Crippen LogP contribution in [0.3, 0.4) is 0 Å². The summed E-state index contributed by atoms with van der Waals surface area (Å²) >= 11 is 0. The number of rotatable bonds is 4. The largest absolute Gasteiger partial charge is 0.497 e. The molecule has 2 aromatic rings. The van der Waals surface area contributed by atoms with E-state index >= 15 is 0 Å². The fourth-order valence-corrected chi connectivity index (χ4v) is 2.77. The number of nitrogens with zero attached hydrogens (tertiary/aromatic N) is 1. The van der Waals surface area contributed by atoms with Crippen LogP contribution in [0, 0.1) is 0 Å². The monoisotopic (exact) mass is 339 g/mol. The number of hydrogen-bond donors (Lipinski definition) is 0. The third-order valence-corrected chi connectivity index (χ3v) is 3.87. The Morgan fingerprint density at radius 3 is 2.20 bits per heavy atom. The number of ketones is 1. The summed E-state index contributed by atoms with van der Waals surface area (Å²) in [5.41, 5.74) is 1.56. The van der Waals surface area contributed by atoms with E-state index in [2.05, 4.69) is 0 Å². The highest BCUT2D eigenvalue weighted by molar-refractivity contribution is 6.52. The molecule has 0 saturated carbocycles. The summed E-state index contributed by atoms with van der Waals surface area (Å²) in [5.74, 6) is 0.317. The molecule has 0 atom stereocenters. The van der Waals surface area contributed by atoms with Crippen LogP contribution in [0.4, 0.5) is 5.69 Å². The van der Waals surface area contributed by atoms with Crippen molar-refractivity contribution in [1.82, 2.24) is 0 Å². The van der Waals surface area contributed by atoms with Crippen molar-refractivity contribution in [2.75, 3.05) is 12.0 Å². The van der Waals surface area contributed by atoms with Crippen molar-refractivity contribution in [2.45, 2.75) is 32.9 Å². The van der Waals surface area contributed by atoms with Gasteiger partial charge in [0.15, 0.2) is 0 Å². The van der Waals surface area contributed by atoms with Crippen molar-refractivity contribution in [3.63, 3.8) is 0 Å². The fraction of sp³-hybridized carbons (Fsp3) is 0.300. The van der Waals surface area contributed by atoms with Gasteiger partial charge in [-0.05, 0) is 56.7 Å². The normalized spacial score (nSPS) is 13.8. The lowest BCUT2D eigenvalue weighted by molar-refractivity contribution is -0.114. The van der Waals surface area contributed by atoms with E-state index in [0.29, 0.717) is 23.5 Å². The summed E-state index contributed by atoms with van der Waals surface area (Å²) in [6.45, 7) is 6.14. The zero-order valence-corrected chi connectivity index (χ0v) is 14.8. The number of benzene rings is 2. The lowest BCUT2D eigenvalue weighted by Gasteiger charge is -2.22. The molecular weight excluding hydrogens is 318 g/mol. The number of carbonyl (C=O) groups excluding carboxylic acids is 2. The van der Waals surface area contributed by atoms with E-state index < -0.39 is 11.7 Å². The number of methoxy groups -OCH3 is 1. The van der Waals surface area contributed by atoms with Gasteiger partial charge in [0.25, 0.3) is 11.7 Å². The van der Waals surface area contributed by atoms with Crippen LogP contribution in [0.15, 0.2) is 42.5 Å². The maximum atomic E-state index is 12.4. The molecule has 1 amide bonds. The van der Waals surface area contributed by atoms with E-state index in [4.69, 9.17) is 9.47 Å². The van der Waals surface area contributed by atoms with Gasteiger partial charge >= 0.3 is 0 Å². The van der Waals surface area contributed by atoms with E-state index in [0.717, 1.165) is 11.3 Å². The molecule has 3 rings (SSSR count). The van der Waals surface area contributed by atoms with E-state index in [1.165, 1.54) is 4.90 Å². The highest BCUT2D eigenvalue weighted by Gasteiger charge is 2.36. The molecule has 2 aromatic carbocycles. The molecule has 1 aliphatic rings. The van der Waals surface area contributed by atoms with Gasteiger partial charge in [0.1, 0.15) is 17.1 Å². The van der Waals surface area contributed by atoms with E-state index in [-0.39, 0.29) is 5.60 Å². The van der Waals surface area contributed by atoms with Crippen LogP contribution in [0.2, 0.25) is 0 Å². The van der Waals surface area contributed by atoms with Crippen LogP contribution < -0.4 is 14.4 Å². The van der Waals surface area contributed by atoms with E-state index in [1.807, 2.05) is 45.0 Å². The quantitative estimate of drug-likeness (QED) is 0.799. The van der Waals surface area contributed by atoms with Crippen molar-refractivity contribution in [2.24, 2.45) is 0 Å². The van der Waals surface area contributed by atoms with Crippen LogP contribution in [-0.4, -0.2) is 24.4 Å². The molecule has 0 spiro atoms. The predicted molar refractivity (Wildman–Crippen MR) is 95.3 cm³/mol. The molecular formula is C20H21NO4. The maximum absolute atomic E-state index is 12.4. The molecule has 0 fully saturated rings. The smallest absolute Gasteiger partial charge is 0.299 e. The standard InChI is InChI=1S/C20H21NO4/c1-20(2,3)25-15-9-10-17-16(11-15)18(22)19(23)21(17)12-13-5-7-14(24-4)8-6-13/h5-11H,12H2,1-4H3. The molecule has 5 heteroatoms. The molecule has 1 aliphatic heterocycles. The second-order valence-electron chi connectivity index (χ2n) is 6.96. The zero-order valence-electron chi connectivity index (χ0n) is 14.8. The average molecular weight is 339 g/mol. The first-order valence-corrected chi connectivity index (χ1v) is 8.11. The van der Waals surface area contributed by atoms with Gasteiger partial charge in [-0.25, -0.2) is 0 Å². The highest BCUT2D eigenvalue weighted by atomic mass is 16.5. The van der Waals surface area contributed by atoms with Gasteiger partial charge in [-0.2, -0.15) is 0 Å². The van der Waals surface area contributed by atoms with Crippen molar-refractivity contribution in [3.05, 3.63) is 53.6 Å². The van der Waals surface area contributed by atoms with E-state index in [9.17, 15) is 9.59 Å². The molecule has 0 bridgehead atoms. The van der Waals surface area contributed by atoms with Gasteiger partial charge < -0.3 is 14.4 Å². The van der Waals surface area contributed by atoms with Gasteiger partial charge in [-0.1, -0.05) is 12.1 Å². The van der Waals surface area contributed by atoms with Crippen LogP contribution in [-0.2, 0) is 11.3 Å². The lowest BCUT2D eigenvalue weighted by atomic mass is 10.1. The molecule has 25 heavy (non-hydrogen) atoms. The summed E-state index contributed by atoms with van der Waals surface area (Å²) in [6, 6.07) is 12.6. The minimum Gasteiger partial charge on any atom is -0.497 e. The average Bonchev–Trinajstić information content (AvgIpc) is 2.79. The third-order valence-electron chi connectivity index (χ3n) is 3.87. The van der Waals surface area contributed by atoms with Crippen molar-refractivity contribution in [1.29, 1.82) is 0 Å².